The maximum Gasteiger partial charge on any atom is 0.338 e. The van der Waals surface area contributed by atoms with Gasteiger partial charge in [-0.25, -0.2) is 9.59 Å². The number of hydrogen-bond acceptors (Lipinski definition) is 6. The predicted molar refractivity (Wildman–Crippen MR) is 92.4 cm³/mol. The van der Waals surface area contributed by atoms with E-state index in [1.165, 1.54) is 0 Å². The third-order valence-electron chi connectivity index (χ3n) is 4.40. The van der Waals surface area contributed by atoms with Crippen LogP contribution in [0.15, 0.2) is 53.0 Å². The van der Waals surface area contributed by atoms with E-state index in [0.29, 0.717) is 22.7 Å². The molecule has 138 valence electrons. The van der Waals surface area contributed by atoms with Gasteiger partial charge in [0.2, 0.25) is 0 Å². The summed E-state index contributed by atoms with van der Waals surface area (Å²) in [7, 11) is 0. The van der Waals surface area contributed by atoms with Crippen LogP contribution in [0.5, 0.6) is 0 Å². The van der Waals surface area contributed by atoms with Gasteiger partial charge in [0.25, 0.3) is 5.79 Å². The van der Waals surface area contributed by atoms with E-state index in [-0.39, 0.29) is 26.1 Å². The first kappa shape index (κ1) is 18.0. The Balaban J connectivity index is 1.63. The van der Waals surface area contributed by atoms with Gasteiger partial charge in [0.1, 0.15) is 18.1 Å². The van der Waals surface area contributed by atoms with E-state index in [1.54, 1.807) is 20.8 Å². The summed E-state index contributed by atoms with van der Waals surface area (Å²) in [6.45, 7) is 5.63. The first-order valence-electron chi connectivity index (χ1n) is 8.60. The lowest BCUT2D eigenvalue weighted by atomic mass is 10.0. The highest BCUT2D eigenvalue weighted by atomic mass is 16.7. The molecule has 0 aliphatic carbocycles. The quantitative estimate of drug-likeness (QED) is 0.752. The highest BCUT2D eigenvalue weighted by Gasteiger charge is 2.50. The molecule has 1 unspecified atom stereocenters. The van der Waals surface area contributed by atoms with Gasteiger partial charge in [-0.3, -0.25) is 0 Å². The second kappa shape index (κ2) is 7.23. The van der Waals surface area contributed by atoms with Crippen molar-refractivity contribution in [3.05, 3.63) is 58.6 Å². The average molecular weight is 358 g/mol. The zero-order valence-corrected chi connectivity index (χ0v) is 15.2. The van der Waals surface area contributed by atoms with E-state index in [4.69, 9.17) is 18.9 Å². The molecular formula is C20H22O6. The molecule has 0 N–H and O–H groups in total. The molecule has 0 bridgehead atoms. The fourth-order valence-electron chi connectivity index (χ4n) is 3.16. The Morgan fingerprint density at radius 1 is 0.962 bits per heavy atom. The van der Waals surface area contributed by atoms with Crippen LogP contribution in [0.1, 0.15) is 39.2 Å². The summed E-state index contributed by atoms with van der Waals surface area (Å²) in [5.41, 5.74) is 1.78. The van der Waals surface area contributed by atoms with Crippen molar-refractivity contribution in [2.45, 2.75) is 46.0 Å². The Morgan fingerprint density at radius 3 is 2.04 bits per heavy atom. The van der Waals surface area contributed by atoms with Gasteiger partial charge in [0.05, 0.1) is 30.6 Å². The summed E-state index contributed by atoms with van der Waals surface area (Å²) in [6.07, 6.45) is 0.469. The molecule has 2 aliphatic rings. The highest BCUT2D eigenvalue weighted by molar-refractivity contribution is 5.91. The van der Waals surface area contributed by atoms with Crippen LogP contribution in [0.2, 0.25) is 0 Å². The van der Waals surface area contributed by atoms with Crippen LogP contribution >= 0.6 is 0 Å². The molecule has 1 atom stereocenters. The molecular weight excluding hydrogens is 336 g/mol. The van der Waals surface area contributed by atoms with Crippen LogP contribution in [0.25, 0.3) is 0 Å². The van der Waals surface area contributed by atoms with E-state index in [2.05, 4.69) is 0 Å². The standard InChI is InChI=1S/C20H22O6/c1-4-23-18(21)16-10-20(25-13(16)2)11-17(14(3)26-20)19(22)24-12-15-8-6-5-7-9-15/h5-9H,4,10-12H2,1-3H3. The molecule has 26 heavy (non-hydrogen) atoms. The molecule has 3 rings (SSSR count). The van der Waals surface area contributed by atoms with E-state index in [9.17, 15) is 9.59 Å². The lowest BCUT2D eigenvalue weighted by Gasteiger charge is -2.24. The summed E-state index contributed by atoms with van der Waals surface area (Å²) in [6, 6.07) is 9.46. The van der Waals surface area contributed by atoms with Gasteiger partial charge in [-0.05, 0) is 26.3 Å². The van der Waals surface area contributed by atoms with E-state index in [1.807, 2.05) is 30.3 Å². The minimum Gasteiger partial charge on any atom is -0.463 e. The largest absolute Gasteiger partial charge is 0.463 e. The van der Waals surface area contributed by atoms with Gasteiger partial charge in [0.15, 0.2) is 0 Å². The molecule has 0 saturated carbocycles. The first-order chi connectivity index (χ1) is 12.4. The van der Waals surface area contributed by atoms with Crippen molar-refractivity contribution >= 4 is 11.9 Å². The van der Waals surface area contributed by atoms with Crippen LogP contribution in [0.3, 0.4) is 0 Å². The number of esters is 2. The summed E-state index contributed by atoms with van der Waals surface area (Å²) in [5, 5.41) is 0. The van der Waals surface area contributed by atoms with Gasteiger partial charge in [-0.1, -0.05) is 30.3 Å². The number of carbonyl (C=O) groups excluding carboxylic acids is 2. The Labute approximate surface area is 152 Å². The van der Waals surface area contributed by atoms with Crippen LogP contribution < -0.4 is 0 Å². The monoisotopic (exact) mass is 358 g/mol. The van der Waals surface area contributed by atoms with Crippen molar-refractivity contribution < 1.29 is 28.5 Å². The Morgan fingerprint density at radius 2 is 1.50 bits per heavy atom. The molecule has 0 aromatic heterocycles. The molecule has 0 saturated heterocycles. The average Bonchev–Trinajstić information content (AvgIpc) is 3.12. The van der Waals surface area contributed by atoms with Gasteiger partial charge in [-0.2, -0.15) is 0 Å². The van der Waals surface area contributed by atoms with Crippen LogP contribution in [0.4, 0.5) is 0 Å². The van der Waals surface area contributed by atoms with Gasteiger partial charge < -0.3 is 18.9 Å². The molecule has 1 aromatic rings. The molecule has 1 spiro atoms. The second-order valence-corrected chi connectivity index (χ2v) is 6.32. The SMILES string of the molecule is CCOC(=O)C1=C(C)OC2(C1)CC(C(=O)OCc1ccccc1)=C(C)O2. The Hall–Kier alpha value is -2.76. The van der Waals surface area contributed by atoms with Crippen LogP contribution in [-0.2, 0) is 35.1 Å². The Bertz CT molecular complexity index is 777. The van der Waals surface area contributed by atoms with Crippen molar-refractivity contribution in [2.75, 3.05) is 6.61 Å². The normalized spacial score (nSPS) is 21.7. The Kier molecular flexibility index (Phi) is 5.02. The second-order valence-electron chi connectivity index (χ2n) is 6.32. The maximum absolute atomic E-state index is 12.4. The molecule has 0 amide bonds. The topological polar surface area (TPSA) is 71.1 Å². The third kappa shape index (κ3) is 3.59. The zero-order valence-electron chi connectivity index (χ0n) is 15.2. The maximum atomic E-state index is 12.4. The molecule has 1 aromatic carbocycles. The molecule has 2 heterocycles. The fraction of sp³-hybridized carbons (Fsp3) is 0.400. The number of rotatable bonds is 5. The highest BCUT2D eigenvalue weighted by Crippen LogP contribution is 2.46. The van der Waals surface area contributed by atoms with Crippen molar-refractivity contribution in [1.29, 1.82) is 0 Å². The van der Waals surface area contributed by atoms with Crippen LogP contribution in [0, 0.1) is 0 Å². The zero-order chi connectivity index (χ0) is 18.7. The number of ether oxygens (including phenoxy) is 4. The molecule has 0 fully saturated rings. The summed E-state index contributed by atoms with van der Waals surface area (Å²) < 4.78 is 22.1. The number of hydrogen-bond donors (Lipinski definition) is 0. The first-order valence-corrected chi connectivity index (χ1v) is 8.60. The van der Waals surface area contributed by atoms with Crippen molar-refractivity contribution in [3.63, 3.8) is 0 Å². The lowest BCUT2D eigenvalue weighted by molar-refractivity contribution is -0.161. The van der Waals surface area contributed by atoms with E-state index in [0.717, 1.165) is 5.56 Å². The lowest BCUT2D eigenvalue weighted by Crippen LogP contribution is -2.29. The predicted octanol–water partition coefficient (Wildman–Crippen LogP) is 3.38. The molecule has 2 aliphatic heterocycles. The minimum atomic E-state index is -1.06. The number of allylic oxidation sites excluding steroid dienone is 2. The van der Waals surface area contributed by atoms with Crippen molar-refractivity contribution in [2.24, 2.45) is 0 Å². The molecule has 6 heteroatoms. The third-order valence-corrected chi connectivity index (χ3v) is 4.40. The van der Waals surface area contributed by atoms with Crippen LogP contribution in [-0.4, -0.2) is 24.3 Å². The molecule has 6 nitrogen and oxygen atoms in total. The van der Waals surface area contributed by atoms with E-state index >= 15 is 0 Å². The minimum absolute atomic E-state index is 0.190. The smallest absolute Gasteiger partial charge is 0.338 e. The van der Waals surface area contributed by atoms with Crippen molar-refractivity contribution in [1.82, 2.24) is 0 Å². The fourth-order valence-corrected chi connectivity index (χ4v) is 3.16. The van der Waals surface area contributed by atoms with Gasteiger partial charge in [0, 0.05) is 0 Å². The molecule has 0 radical (unpaired) electrons. The van der Waals surface area contributed by atoms with Crippen molar-refractivity contribution in [3.8, 4) is 0 Å². The summed E-state index contributed by atoms with van der Waals surface area (Å²) >= 11 is 0. The van der Waals surface area contributed by atoms with E-state index < -0.39 is 17.7 Å². The summed E-state index contributed by atoms with van der Waals surface area (Å²) in [4.78, 5) is 24.5. The summed E-state index contributed by atoms with van der Waals surface area (Å²) in [5.74, 6) is -0.981. The van der Waals surface area contributed by atoms with Gasteiger partial charge in [-0.15, -0.1) is 0 Å². The number of benzene rings is 1. The number of carbonyl (C=O) groups is 2. The van der Waals surface area contributed by atoms with Gasteiger partial charge >= 0.3 is 11.9 Å².